The number of amides is 3. The molecule has 3 aromatic rings. The fourth-order valence-corrected chi connectivity index (χ4v) is 4.74. The number of likely N-dealkylation sites (tertiary alicyclic amines) is 1. The molecule has 10 heteroatoms. The number of aliphatic hydroxyl groups is 1. The first-order valence-corrected chi connectivity index (χ1v) is 11.3. The van der Waals surface area contributed by atoms with Gasteiger partial charge in [-0.2, -0.15) is 0 Å². The number of aliphatic hydroxyl groups excluding tert-OH is 1. The SMILES string of the molecule is C[C@@H](O)C(=O)N1CCC(N2C(=O)N(C)Cc3cnc4ccc(-c5ccc(N)nc5)nc4c32)CC1. The minimum absolute atomic E-state index is 0.0957. The number of hydrogen-bond acceptors (Lipinski definition) is 7. The molecule has 2 aliphatic heterocycles. The topological polar surface area (TPSA) is 129 Å². The molecule has 3 amide bonds. The third kappa shape index (κ3) is 3.79. The Labute approximate surface area is 197 Å². The summed E-state index contributed by atoms with van der Waals surface area (Å²) in [6.07, 6.45) is 3.69. The van der Waals surface area contributed by atoms with Gasteiger partial charge in [-0.1, -0.05) is 0 Å². The van der Waals surface area contributed by atoms with E-state index in [9.17, 15) is 14.7 Å². The first-order chi connectivity index (χ1) is 16.3. The van der Waals surface area contributed by atoms with E-state index in [1.54, 1.807) is 29.1 Å². The predicted octanol–water partition coefficient (Wildman–Crippen LogP) is 2.02. The minimum Gasteiger partial charge on any atom is -0.384 e. The van der Waals surface area contributed by atoms with E-state index in [1.165, 1.54) is 6.92 Å². The number of urea groups is 1. The van der Waals surface area contributed by atoms with Crippen molar-refractivity contribution in [3.05, 3.63) is 42.2 Å². The van der Waals surface area contributed by atoms with Crippen LogP contribution in [0.25, 0.3) is 22.3 Å². The lowest BCUT2D eigenvalue weighted by Gasteiger charge is -2.43. The number of rotatable bonds is 3. The molecule has 176 valence electrons. The molecule has 34 heavy (non-hydrogen) atoms. The van der Waals surface area contributed by atoms with Crippen molar-refractivity contribution in [3.63, 3.8) is 0 Å². The molecule has 1 atom stereocenters. The molecule has 0 radical (unpaired) electrons. The summed E-state index contributed by atoms with van der Waals surface area (Å²) in [5, 5.41) is 9.66. The molecule has 0 aromatic carbocycles. The second-order valence-electron chi connectivity index (χ2n) is 8.91. The van der Waals surface area contributed by atoms with Crippen LogP contribution in [0.2, 0.25) is 0 Å². The Bertz CT molecular complexity index is 1250. The lowest BCUT2D eigenvalue weighted by Crippen LogP contribution is -2.55. The molecule has 0 unspecified atom stereocenters. The van der Waals surface area contributed by atoms with E-state index in [2.05, 4.69) is 9.97 Å². The summed E-state index contributed by atoms with van der Waals surface area (Å²) < 4.78 is 0. The Morgan fingerprint density at radius 1 is 1.15 bits per heavy atom. The molecule has 0 saturated carbocycles. The van der Waals surface area contributed by atoms with Crippen molar-refractivity contribution in [2.45, 2.75) is 38.5 Å². The van der Waals surface area contributed by atoms with Gasteiger partial charge >= 0.3 is 6.03 Å². The van der Waals surface area contributed by atoms with Gasteiger partial charge in [-0.3, -0.25) is 14.7 Å². The average Bonchev–Trinajstić information content (AvgIpc) is 2.84. The van der Waals surface area contributed by atoms with Gasteiger partial charge in [0.1, 0.15) is 17.4 Å². The molecular weight excluding hydrogens is 434 g/mol. The fourth-order valence-electron chi connectivity index (χ4n) is 4.74. The Morgan fingerprint density at radius 3 is 2.59 bits per heavy atom. The normalized spacial score (nSPS) is 17.7. The lowest BCUT2D eigenvalue weighted by molar-refractivity contribution is -0.140. The predicted molar refractivity (Wildman–Crippen MR) is 128 cm³/mol. The summed E-state index contributed by atoms with van der Waals surface area (Å²) in [6.45, 7) is 2.89. The van der Waals surface area contributed by atoms with Crippen molar-refractivity contribution in [3.8, 4) is 11.3 Å². The molecular formula is C24H27N7O3. The van der Waals surface area contributed by atoms with E-state index >= 15 is 0 Å². The number of aromatic nitrogens is 3. The van der Waals surface area contributed by atoms with Gasteiger partial charge in [0, 0.05) is 49.7 Å². The van der Waals surface area contributed by atoms with Gasteiger partial charge in [-0.25, -0.2) is 14.8 Å². The number of anilines is 2. The van der Waals surface area contributed by atoms with Crippen LogP contribution >= 0.6 is 0 Å². The molecule has 10 nitrogen and oxygen atoms in total. The first kappa shape index (κ1) is 22.0. The maximum Gasteiger partial charge on any atom is 0.324 e. The quantitative estimate of drug-likeness (QED) is 0.610. The number of carbonyl (C=O) groups is 2. The summed E-state index contributed by atoms with van der Waals surface area (Å²) >= 11 is 0. The molecule has 0 bridgehead atoms. The Morgan fingerprint density at radius 2 is 1.91 bits per heavy atom. The summed E-state index contributed by atoms with van der Waals surface area (Å²) in [5.74, 6) is 0.155. The van der Waals surface area contributed by atoms with E-state index in [-0.39, 0.29) is 18.0 Å². The number of nitrogen functional groups attached to an aromatic ring is 1. The van der Waals surface area contributed by atoms with Crippen molar-refractivity contribution in [1.29, 1.82) is 0 Å². The molecule has 1 saturated heterocycles. The van der Waals surface area contributed by atoms with Crippen LogP contribution in [-0.4, -0.2) is 74.1 Å². The molecule has 3 N–H and O–H groups in total. The number of fused-ring (bicyclic) bond motifs is 3. The van der Waals surface area contributed by atoms with Crippen molar-refractivity contribution < 1.29 is 14.7 Å². The summed E-state index contributed by atoms with van der Waals surface area (Å²) in [4.78, 5) is 44.5. The van der Waals surface area contributed by atoms with Crippen LogP contribution in [-0.2, 0) is 11.3 Å². The fraction of sp³-hybridized carbons (Fsp3) is 0.375. The van der Waals surface area contributed by atoms with Crippen molar-refractivity contribution in [2.24, 2.45) is 0 Å². The van der Waals surface area contributed by atoms with Gasteiger partial charge in [0.2, 0.25) is 0 Å². The second kappa shape index (κ2) is 8.53. The monoisotopic (exact) mass is 461 g/mol. The van der Waals surface area contributed by atoms with Gasteiger partial charge in [0.05, 0.1) is 23.4 Å². The van der Waals surface area contributed by atoms with Gasteiger partial charge in [-0.15, -0.1) is 0 Å². The van der Waals surface area contributed by atoms with Crippen LogP contribution in [0.1, 0.15) is 25.3 Å². The Kier molecular flexibility index (Phi) is 5.52. The van der Waals surface area contributed by atoms with Crippen LogP contribution in [0, 0.1) is 0 Å². The van der Waals surface area contributed by atoms with Crippen LogP contribution < -0.4 is 10.6 Å². The Balaban J connectivity index is 1.56. The molecule has 1 fully saturated rings. The number of nitrogens with two attached hydrogens (primary N) is 1. The zero-order chi connectivity index (χ0) is 24.0. The van der Waals surface area contributed by atoms with Gasteiger partial charge in [-0.05, 0) is 44.0 Å². The minimum atomic E-state index is -1.03. The third-order valence-corrected chi connectivity index (χ3v) is 6.52. The average molecular weight is 462 g/mol. The summed E-state index contributed by atoms with van der Waals surface area (Å²) in [7, 11) is 1.78. The highest BCUT2D eigenvalue weighted by Gasteiger charge is 2.38. The molecule has 5 heterocycles. The smallest absolute Gasteiger partial charge is 0.324 e. The van der Waals surface area contributed by atoms with Gasteiger partial charge in [0.25, 0.3) is 5.91 Å². The van der Waals surface area contributed by atoms with Crippen LogP contribution in [0.15, 0.2) is 36.7 Å². The standard InChI is InChI=1S/C24H27N7O3/c1-14(32)23(33)30-9-7-17(8-10-30)31-22-16(13-29(2)24(31)34)12-26-19-5-4-18(28-21(19)22)15-3-6-20(25)27-11-15/h3-6,11-12,14,17,32H,7-10,13H2,1-2H3,(H2,25,27)/t14-/m1/s1. The zero-order valence-electron chi connectivity index (χ0n) is 19.2. The van der Waals surface area contributed by atoms with Crippen molar-refractivity contribution >= 4 is 34.5 Å². The third-order valence-electron chi connectivity index (χ3n) is 6.52. The van der Waals surface area contributed by atoms with Crippen LogP contribution in [0.4, 0.5) is 16.3 Å². The molecule has 3 aromatic heterocycles. The summed E-state index contributed by atoms with van der Waals surface area (Å²) in [5.41, 5.74) is 10.3. The maximum absolute atomic E-state index is 13.4. The number of nitrogens with zero attached hydrogens (tertiary/aromatic N) is 6. The van der Waals surface area contributed by atoms with Crippen molar-refractivity contribution in [1.82, 2.24) is 24.8 Å². The van der Waals surface area contributed by atoms with E-state index < -0.39 is 6.10 Å². The Hall–Kier alpha value is -3.79. The van der Waals surface area contributed by atoms with Crippen molar-refractivity contribution in [2.75, 3.05) is 30.8 Å². The highest BCUT2D eigenvalue weighted by atomic mass is 16.3. The number of carbonyl (C=O) groups excluding carboxylic acids is 2. The van der Waals surface area contributed by atoms with E-state index in [4.69, 9.17) is 10.7 Å². The lowest BCUT2D eigenvalue weighted by atomic mass is 9.99. The van der Waals surface area contributed by atoms with Crippen LogP contribution in [0.5, 0.6) is 0 Å². The van der Waals surface area contributed by atoms with E-state index in [0.29, 0.717) is 49.3 Å². The van der Waals surface area contributed by atoms with Gasteiger partial charge in [0.15, 0.2) is 0 Å². The molecule has 2 aliphatic rings. The first-order valence-electron chi connectivity index (χ1n) is 11.3. The molecule has 5 rings (SSSR count). The maximum atomic E-state index is 13.4. The van der Waals surface area contributed by atoms with E-state index in [1.807, 2.05) is 29.3 Å². The summed E-state index contributed by atoms with van der Waals surface area (Å²) in [6, 6.07) is 7.19. The van der Waals surface area contributed by atoms with E-state index in [0.717, 1.165) is 22.5 Å². The molecule has 0 spiro atoms. The highest BCUT2D eigenvalue weighted by molar-refractivity contribution is 6.04. The van der Waals surface area contributed by atoms with Gasteiger partial charge < -0.3 is 20.6 Å². The van der Waals surface area contributed by atoms with Crippen LogP contribution in [0.3, 0.4) is 0 Å². The second-order valence-corrected chi connectivity index (χ2v) is 8.91. The zero-order valence-corrected chi connectivity index (χ0v) is 19.2. The number of piperidine rings is 1. The number of hydrogen-bond donors (Lipinski definition) is 2. The highest BCUT2D eigenvalue weighted by Crippen LogP contribution is 2.37. The largest absolute Gasteiger partial charge is 0.384 e. The molecule has 0 aliphatic carbocycles. The number of pyridine rings is 3.